The first-order valence-electron chi connectivity index (χ1n) is 17.2. The Kier molecular flexibility index (Phi) is 11.6. The van der Waals surface area contributed by atoms with Crippen LogP contribution in [0, 0.1) is 5.92 Å². The normalized spacial score (nSPS) is 36.7. The number of hydrogen-bond donors (Lipinski definition) is 3. The van der Waals surface area contributed by atoms with Gasteiger partial charge in [0, 0.05) is 43.7 Å². The van der Waals surface area contributed by atoms with Gasteiger partial charge in [-0.1, -0.05) is 30.7 Å². The molecule has 4 fully saturated rings. The van der Waals surface area contributed by atoms with Gasteiger partial charge in [0.15, 0.2) is 0 Å². The van der Waals surface area contributed by atoms with E-state index in [9.17, 15) is 29.1 Å². The van der Waals surface area contributed by atoms with Gasteiger partial charge >= 0.3 is 5.97 Å². The first-order chi connectivity index (χ1) is 23.2. The molecular weight excluding hydrogens is 634 g/mol. The van der Waals surface area contributed by atoms with Gasteiger partial charge in [-0.3, -0.25) is 28.9 Å². The summed E-state index contributed by atoms with van der Waals surface area (Å²) in [6, 6.07) is -0.462. The molecule has 0 aromatic carbocycles. The number of ether oxygens (including phenoxy) is 4. The SMILES string of the molecule is CC(=O)O[C@@H](C)/C=C\C(=O)N[C@@H]1C[C@H](C)[C@H](C/C=C(C)/C=C/[C@H]2O[C@H](CC(=O)NC3CC(N4C(=O)C=CC4=O)C3)C[C@@]3(CO3)[C@@H]2O)O[C@@H]1C. The Hall–Kier alpha value is -3.65. The van der Waals surface area contributed by atoms with Gasteiger partial charge in [0.25, 0.3) is 11.8 Å². The van der Waals surface area contributed by atoms with E-state index in [4.69, 9.17) is 18.9 Å². The van der Waals surface area contributed by atoms with Gasteiger partial charge in [0.1, 0.15) is 23.9 Å². The number of rotatable bonds is 12. The van der Waals surface area contributed by atoms with Crippen molar-refractivity contribution in [3.05, 3.63) is 48.1 Å². The summed E-state index contributed by atoms with van der Waals surface area (Å²) >= 11 is 0. The van der Waals surface area contributed by atoms with Crippen molar-refractivity contribution in [2.24, 2.45) is 5.92 Å². The third kappa shape index (κ3) is 9.33. The molecule has 0 bridgehead atoms. The number of carbonyl (C=O) groups is 5. The minimum Gasteiger partial charge on any atom is -0.459 e. The summed E-state index contributed by atoms with van der Waals surface area (Å²) < 4.78 is 23.2. The molecule has 5 aliphatic rings. The summed E-state index contributed by atoms with van der Waals surface area (Å²) in [5.74, 6) is -1.28. The molecule has 0 unspecified atom stereocenters. The number of imide groups is 1. The van der Waals surface area contributed by atoms with Gasteiger partial charge in [0.05, 0.1) is 37.4 Å². The zero-order chi connectivity index (χ0) is 35.5. The highest BCUT2D eigenvalue weighted by molar-refractivity contribution is 6.13. The molecule has 0 radical (unpaired) electrons. The minimum atomic E-state index is -0.859. The summed E-state index contributed by atoms with van der Waals surface area (Å²) in [6.45, 7) is 9.43. The molecule has 13 nitrogen and oxygen atoms in total. The molecular formula is C36H49N3O10. The lowest BCUT2D eigenvalue weighted by molar-refractivity contribution is -0.146. The number of esters is 1. The fourth-order valence-corrected chi connectivity index (χ4v) is 7.07. The van der Waals surface area contributed by atoms with E-state index in [-0.39, 0.29) is 66.3 Å². The maximum absolute atomic E-state index is 12.9. The summed E-state index contributed by atoms with van der Waals surface area (Å²) in [4.78, 5) is 61.4. The van der Waals surface area contributed by atoms with E-state index in [0.717, 1.165) is 12.0 Å². The van der Waals surface area contributed by atoms with Gasteiger partial charge in [-0.2, -0.15) is 0 Å². The maximum Gasteiger partial charge on any atom is 0.303 e. The Morgan fingerprint density at radius 1 is 1.08 bits per heavy atom. The lowest BCUT2D eigenvalue weighted by Crippen LogP contribution is -2.56. The Morgan fingerprint density at radius 3 is 2.43 bits per heavy atom. The number of hydrogen-bond acceptors (Lipinski definition) is 10. The van der Waals surface area contributed by atoms with Gasteiger partial charge < -0.3 is 34.7 Å². The van der Waals surface area contributed by atoms with Crippen LogP contribution in [-0.2, 0) is 42.9 Å². The molecule has 5 rings (SSSR count). The van der Waals surface area contributed by atoms with E-state index in [1.165, 1.54) is 30.1 Å². The number of carbonyl (C=O) groups excluding carboxylic acids is 5. The summed E-state index contributed by atoms with van der Waals surface area (Å²) in [5, 5.41) is 17.0. The molecule has 0 aromatic rings. The monoisotopic (exact) mass is 683 g/mol. The number of allylic oxidation sites excluding steroid dienone is 2. The standard InChI is InChI=1S/C36H49N3O10/c1-20(6-9-29-21(2)14-28(23(4)48-29)38-31(41)11-8-22(3)47-24(5)40)7-10-30-35(45)36(19-46-36)18-27(49-30)17-32(42)37-25-15-26(16-25)39-33(43)12-13-34(39)44/h6-8,10-13,21-23,25-30,35,45H,9,14-19H2,1-5H3,(H,37,42)(H,38,41)/b10-7+,11-8-,20-6+/t21-,22-,23+,25?,26?,27+,28+,29-,30+,35+,36+/m0/s1. The lowest BCUT2D eigenvalue weighted by Gasteiger charge is -2.41. The molecule has 1 saturated carbocycles. The van der Waals surface area contributed by atoms with Crippen LogP contribution >= 0.6 is 0 Å². The van der Waals surface area contributed by atoms with Crippen molar-refractivity contribution in [1.82, 2.24) is 15.5 Å². The largest absolute Gasteiger partial charge is 0.459 e. The highest BCUT2D eigenvalue weighted by Crippen LogP contribution is 2.43. The van der Waals surface area contributed by atoms with Crippen molar-refractivity contribution in [3.8, 4) is 0 Å². The number of aliphatic hydroxyl groups is 1. The molecule has 268 valence electrons. The number of epoxide rings is 1. The molecule has 1 aliphatic carbocycles. The van der Waals surface area contributed by atoms with Crippen molar-refractivity contribution < 1.29 is 48.0 Å². The number of amides is 4. The van der Waals surface area contributed by atoms with Crippen LogP contribution in [0.4, 0.5) is 0 Å². The summed E-state index contributed by atoms with van der Waals surface area (Å²) in [7, 11) is 0. The van der Waals surface area contributed by atoms with Gasteiger partial charge in [-0.05, 0) is 58.4 Å². The van der Waals surface area contributed by atoms with E-state index in [0.29, 0.717) is 32.3 Å². The average Bonchev–Trinajstić information content (AvgIpc) is 3.71. The van der Waals surface area contributed by atoms with Crippen LogP contribution in [0.5, 0.6) is 0 Å². The molecule has 3 N–H and O–H groups in total. The smallest absolute Gasteiger partial charge is 0.303 e. The second-order valence-electron chi connectivity index (χ2n) is 14.1. The zero-order valence-electron chi connectivity index (χ0n) is 28.8. The Labute approximate surface area is 287 Å². The Morgan fingerprint density at radius 2 is 1.78 bits per heavy atom. The highest BCUT2D eigenvalue weighted by atomic mass is 16.6. The third-order valence-corrected chi connectivity index (χ3v) is 10.0. The summed E-state index contributed by atoms with van der Waals surface area (Å²) in [6.07, 6.45) is 11.6. The Bertz CT molecular complexity index is 1390. The number of aliphatic hydroxyl groups excluding tert-OH is 1. The van der Waals surface area contributed by atoms with Crippen molar-refractivity contribution in [2.45, 2.75) is 133 Å². The van der Waals surface area contributed by atoms with E-state index >= 15 is 0 Å². The van der Waals surface area contributed by atoms with Gasteiger partial charge in [0.2, 0.25) is 11.8 Å². The zero-order valence-corrected chi connectivity index (χ0v) is 28.8. The average molecular weight is 684 g/mol. The molecule has 3 saturated heterocycles. The van der Waals surface area contributed by atoms with E-state index in [2.05, 4.69) is 23.6 Å². The van der Waals surface area contributed by atoms with Crippen molar-refractivity contribution >= 4 is 29.6 Å². The van der Waals surface area contributed by atoms with E-state index in [1.807, 2.05) is 26.0 Å². The number of nitrogens with zero attached hydrogens (tertiary/aromatic N) is 1. The van der Waals surface area contributed by atoms with Crippen molar-refractivity contribution in [1.29, 1.82) is 0 Å². The second-order valence-corrected chi connectivity index (χ2v) is 14.1. The maximum atomic E-state index is 12.9. The molecule has 49 heavy (non-hydrogen) atoms. The lowest BCUT2D eigenvalue weighted by atomic mass is 9.84. The van der Waals surface area contributed by atoms with E-state index in [1.54, 1.807) is 13.0 Å². The fraction of sp³-hybridized carbons (Fsp3) is 0.639. The van der Waals surface area contributed by atoms with Crippen LogP contribution in [0.3, 0.4) is 0 Å². The molecule has 1 spiro atoms. The van der Waals surface area contributed by atoms with Crippen LogP contribution in [0.25, 0.3) is 0 Å². The third-order valence-electron chi connectivity index (χ3n) is 10.0. The van der Waals surface area contributed by atoms with Gasteiger partial charge in [-0.25, -0.2) is 0 Å². The molecule has 0 aromatic heterocycles. The predicted molar refractivity (Wildman–Crippen MR) is 176 cm³/mol. The van der Waals surface area contributed by atoms with Crippen LogP contribution in [0.15, 0.2) is 48.1 Å². The van der Waals surface area contributed by atoms with Crippen LogP contribution in [0.1, 0.15) is 73.1 Å². The molecule has 4 amide bonds. The highest BCUT2D eigenvalue weighted by Gasteiger charge is 2.58. The molecule has 13 heteroatoms. The van der Waals surface area contributed by atoms with Crippen molar-refractivity contribution in [2.75, 3.05) is 6.61 Å². The topological polar surface area (TPSA) is 173 Å². The second kappa shape index (κ2) is 15.5. The first kappa shape index (κ1) is 36.6. The van der Waals surface area contributed by atoms with E-state index < -0.39 is 36.0 Å². The van der Waals surface area contributed by atoms with Crippen LogP contribution in [-0.4, -0.2) is 107 Å². The molecule has 4 heterocycles. The van der Waals surface area contributed by atoms with Crippen LogP contribution < -0.4 is 10.6 Å². The van der Waals surface area contributed by atoms with Gasteiger partial charge in [-0.15, -0.1) is 0 Å². The molecule has 9 atom stereocenters. The fourth-order valence-electron chi connectivity index (χ4n) is 7.07. The summed E-state index contributed by atoms with van der Waals surface area (Å²) in [5.41, 5.74) is 0.252. The minimum absolute atomic E-state index is 0.0347. The molecule has 4 aliphatic heterocycles. The Balaban J connectivity index is 1.07. The predicted octanol–water partition coefficient (Wildman–Crippen LogP) is 1.93. The number of nitrogens with one attached hydrogen (secondary N) is 2. The quantitative estimate of drug-likeness (QED) is 0.0908. The van der Waals surface area contributed by atoms with Crippen molar-refractivity contribution in [3.63, 3.8) is 0 Å². The first-order valence-corrected chi connectivity index (χ1v) is 17.2. The van der Waals surface area contributed by atoms with Crippen LogP contribution in [0.2, 0.25) is 0 Å².